The van der Waals surface area contributed by atoms with E-state index in [-0.39, 0.29) is 18.2 Å². The van der Waals surface area contributed by atoms with Crippen molar-refractivity contribution in [3.8, 4) is 0 Å². The number of nitrogens with two attached hydrogens (primary N) is 1. The van der Waals surface area contributed by atoms with Gasteiger partial charge in [-0.25, -0.2) is 4.79 Å². The van der Waals surface area contributed by atoms with Crippen molar-refractivity contribution in [2.45, 2.75) is 13.5 Å². The number of methoxy groups -OCH3 is 1. The molecule has 0 bridgehead atoms. The molecule has 0 radical (unpaired) electrons. The number of anilines is 1. The molecule has 21 heavy (non-hydrogen) atoms. The molecule has 0 atom stereocenters. The van der Waals surface area contributed by atoms with Crippen LogP contribution in [0.4, 0.5) is 5.69 Å². The molecule has 0 spiro atoms. The average Bonchev–Trinajstić information content (AvgIpc) is 2.97. The molecule has 1 aromatic heterocycles. The fraction of sp³-hybridized carbons (Fsp3) is 0.200. The zero-order valence-corrected chi connectivity index (χ0v) is 11.8. The van der Waals surface area contributed by atoms with Gasteiger partial charge in [-0.15, -0.1) is 0 Å². The monoisotopic (exact) mass is 288 g/mol. The smallest absolute Gasteiger partial charge is 0.337 e. The summed E-state index contributed by atoms with van der Waals surface area (Å²) in [5.41, 5.74) is 7.20. The van der Waals surface area contributed by atoms with Crippen molar-refractivity contribution in [1.29, 1.82) is 0 Å². The predicted molar refractivity (Wildman–Crippen MR) is 77.1 cm³/mol. The Kier molecular flexibility index (Phi) is 4.39. The summed E-state index contributed by atoms with van der Waals surface area (Å²) in [6.07, 6.45) is 0. The minimum absolute atomic E-state index is 0.187. The van der Waals surface area contributed by atoms with E-state index >= 15 is 0 Å². The lowest BCUT2D eigenvalue weighted by Crippen LogP contribution is -2.12. The van der Waals surface area contributed by atoms with E-state index in [1.807, 2.05) is 0 Å². The molecule has 0 saturated heterocycles. The number of aryl methyl sites for hydroxylation is 1. The van der Waals surface area contributed by atoms with Gasteiger partial charge in [0.2, 0.25) is 0 Å². The quantitative estimate of drug-likeness (QED) is 0.840. The van der Waals surface area contributed by atoms with E-state index in [9.17, 15) is 9.59 Å². The highest BCUT2D eigenvalue weighted by Crippen LogP contribution is 2.18. The zero-order valence-electron chi connectivity index (χ0n) is 11.8. The number of furan rings is 1. The van der Waals surface area contributed by atoms with Gasteiger partial charge in [0, 0.05) is 5.69 Å². The summed E-state index contributed by atoms with van der Waals surface area (Å²) in [6.45, 7) is 2.02. The van der Waals surface area contributed by atoms with Gasteiger partial charge >= 0.3 is 5.97 Å². The molecule has 1 aromatic carbocycles. The summed E-state index contributed by atoms with van der Waals surface area (Å²) in [6, 6.07) is 8.10. The Morgan fingerprint density at radius 3 is 2.62 bits per heavy atom. The molecule has 0 saturated carbocycles. The molecule has 3 N–H and O–H groups in total. The number of amides is 1. The van der Waals surface area contributed by atoms with Gasteiger partial charge in [0.1, 0.15) is 5.76 Å². The second-order valence-electron chi connectivity index (χ2n) is 4.45. The van der Waals surface area contributed by atoms with E-state index in [2.05, 4.69) is 10.1 Å². The van der Waals surface area contributed by atoms with Gasteiger partial charge < -0.3 is 20.2 Å². The Balaban J connectivity index is 2.16. The van der Waals surface area contributed by atoms with Crippen LogP contribution in [0.2, 0.25) is 0 Å². The van der Waals surface area contributed by atoms with Crippen LogP contribution in [0.25, 0.3) is 0 Å². The van der Waals surface area contributed by atoms with Crippen molar-refractivity contribution in [3.63, 3.8) is 0 Å². The van der Waals surface area contributed by atoms with Crippen LogP contribution in [0.1, 0.15) is 32.2 Å². The fourth-order valence-corrected chi connectivity index (χ4v) is 1.84. The van der Waals surface area contributed by atoms with Crippen LogP contribution < -0.4 is 11.1 Å². The van der Waals surface area contributed by atoms with E-state index in [0.717, 1.165) is 5.56 Å². The summed E-state index contributed by atoms with van der Waals surface area (Å²) >= 11 is 0. The molecule has 2 rings (SSSR count). The minimum Gasteiger partial charge on any atom is -0.465 e. The van der Waals surface area contributed by atoms with Gasteiger partial charge in [-0.1, -0.05) is 0 Å². The maximum Gasteiger partial charge on any atom is 0.337 e. The van der Waals surface area contributed by atoms with E-state index < -0.39 is 5.97 Å². The van der Waals surface area contributed by atoms with Gasteiger partial charge in [0.25, 0.3) is 5.91 Å². The Bertz CT molecular complexity index is 676. The average molecular weight is 288 g/mol. The highest BCUT2D eigenvalue weighted by Gasteiger charge is 2.13. The molecule has 1 heterocycles. The van der Waals surface area contributed by atoms with E-state index in [1.54, 1.807) is 37.3 Å². The number of carbonyl (C=O) groups is 2. The number of nitrogens with one attached hydrogen (secondary N) is 1. The maximum absolute atomic E-state index is 12.0. The van der Waals surface area contributed by atoms with E-state index in [4.69, 9.17) is 10.2 Å². The van der Waals surface area contributed by atoms with E-state index in [0.29, 0.717) is 17.0 Å². The number of rotatable bonds is 4. The topological polar surface area (TPSA) is 94.6 Å². The summed E-state index contributed by atoms with van der Waals surface area (Å²) in [7, 11) is 1.32. The van der Waals surface area contributed by atoms with E-state index in [1.165, 1.54) is 7.11 Å². The molecule has 1 amide bonds. The molecule has 0 aliphatic heterocycles. The second kappa shape index (κ2) is 6.23. The lowest BCUT2D eigenvalue weighted by atomic mass is 10.1. The van der Waals surface area contributed by atoms with Crippen molar-refractivity contribution >= 4 is 17.6 Å². The third-order valence-corrected chi connectivity index (χ3v) is 2.98. The second-order valence-corrected chi connectivity index (χ2v) is 4.45. The van der Waals surface area contributed by atoms with Crippen molar-refractivity contribution in [2.24, 2.45) is 5.73 Å². The van der Waals surface area contributed by atoms with Crippen molar-refractivity contribution in [3.05, 3.63) is 53.0 Å². The van der Waals surface area contributed by atoms with Crippen LogP contribution in [0.15, 0.2) is 34.7 Å². The number of carbonyl (C=O) groups excluding carboxylic acids is 2. The van der Waals surface area contributed by atoms with Crippen LogP contribution >= 0.6 is 0 Å². The van der Waals surface area contributed by atoms with Crippen LogP contribution in [0, 0.1) is 6.92 Å². The highest BCUT2D eigenvalue weighted by atomic mass is 16.5. The molecule has 6 nitrogen and oxygen atoms in total. The van der Waals surface area contributed by atoms with Crippen LogP contribution in [0.5, 0.6) is 0 Å². The van der Waals surface area contributed by atoms with Gasteiger partial charge in [0.15, 0.2) is 5.76 Å². The first-order valence-corrected chi connectivity index (χ1v) is 6.34. The zero-order chi connectivity index (χ0) is 15.4. The third kappa shape index (κ3) is 3.29. The molecule has 6 heteroatoms. The molecule has 2 aromatic rings. The highest BCUT2D eigenvalue weighted by molar-refractivity contribution is 6.03. The Morgan fingerprint density at radius 2 is 2.05 bits per heavy atom. The number of ether oxygens (including phenoxy) is 1. The number of benzene rings is 1. The van der Waals surface area contributed by atoms with Crippen molar-refractivity contribution in [2.75, 3.05) is 12.4 Å². The maximum atomic E-state index is 12.0. The predicted octanol–water partition coefficient (Wildman–Crippen LogP) is 2.09. The Morgan fingerprint density at radius 1 is 1.29 bits per heavy atom. The van der Waals surface area contributed by atoms with Gasteiger partial charge in [-0.3, -0.25) is 4.79 Å². The van der Waals surface area contributed by atoms with Gasteiger partial charge in [-0.2, -0.15) is 0 Å². The normalized spacial score (nSPS) is 10.2. The Labute approximate surface area is 121 Å². The summed E-state index contributed by atoms with van der Waals surface area (Å²) in [4.78, 5) is 23.5. The minimum atomic E-state index is -0.422. The molecule has 0 aliphatic rings. The summed E-state index contributed by atoms with van der Waals surface area (Å²) < 4.78 is 9.92. The molecule has 0 unspecified atom stereocenters. The summed E-state index contributed by atoms with van der Waals surface area (Å²) in [5, 5.41) is 2.72. The lowest BCUT2D eigenvalue weighted by molar-refractivity contribution is 0.0600. The standard InChI is InChI=1S/C15H16N2O4/c1-9-7-10(15(19)20-2)3-5-12(9)17-14(18)13-6-4-11(8-16)21-13/h3-7H,8,16H2,1-2H3,(H,17,18). The third-order valence-electron chi connectivity index (χ3n) is 2.98. The van der Waals surface area contributed by atoms with Gasteiger partial charge in [0.05, 0.1) is 19.2 Å². The number of hydrogen-bond donors (Lipinski definition) is 2. The van der Waals surface area contributed by atoms with Crippen molar-refractivity contribution in [1.82, 2.24) is 0 Å². The summed E-state index contributed by atoms with van der Waals surface area (Å²) in [5.74, 6) is -0.0666. The van der Waals surface area contributed by atoms with Crippen LogP contribution in [-0.4, -0.2) is 19.0 Å². The SMILES string of the molecule is COC(=O)c1ccc(NC(=O)c2ccc(CN)o2)c(C)c1. The Hall–Kier alpha value is -2.60. The molecule has 0 aliphatic carbocycles. The number of hydrogen-bond acceptors (Lipinski definition) is 5. The fourth-order valence-electron chi connectivity index (χ4n) is 1.84. The first kappa shape index (κ1) is 14.8. The first-order valence-electron chi connectivity index (χ1n) is 6.34. The van der Waals surface area contributed by atoms with Crippen molar-refractivity contribution < 1.29 is 18.7 Å². The molecule has 110 valence electrons. The lowest BCUT2D eigenvalue weighted by Gasteiger charge is -2.08. The molecular formula is C15H16N2O4. The van der Waals surface area contributed by atoms with Crippen LogP contribution in [0.3, 0.4) is 0 Å². The first-order chi connectivity index (χ1) is 10.0. The molecule has 0 fully saturated rings. The van der Waals surface area contributed by atoms with Gasteiger partial charge in [-0.05, 0) is 42.8 Å². The largest absolute Gasteiger partial charge is 0.465 e. The van der Waals surface area contributed by atoms with Crippen LogP contribution in [-0.2, 0) is 11.3 Å². The number of esters is 1. The molecular weight excluding hydrogens is 272 g/mol.